The molecule has 180 valence electrons. The summed E-state index contributed by atoms with van der Waals surface area (Å²) in [4.78, 5) is 26.2. The normalized spacial score (nSPS) is 17.6. The van der Waals surface area contributed by atoms with E-state index in [2.05, 4.69) is 15.2 Å². The SMILES string of the molecule is CCOCCN1CCN(C(=O)CNc2c(C(C)/C=C\C=C/CF)nc3n2C=CN=CC3)CC1. The molecule has 0 spiro atoms. The van der Waals surface area contributed by atoms with Gasteiger partial charge in [0.25, 0.3) is 0 Å². The van der Waals surface area contributed by atoms with Crippen molar-refractivity contribution in [3.63, 3.8) is 0 Å². The number of aliphatic imine (C=N–C) groups is 1. The van der Waals surface area contributed by atoms with Gasteiger partial charge in [-0.25, -0.2) is 9.37 Å². The highest BCUT2D eigenvalue weighted by Gasteiger charge is 2.23. The third kappa shape index (κ3) is 7.10. The van der Waals surface area contributed by atoms with Gasteiger partial charge in [-0.3, -0.25) is 19.3 Å². The second-order valence-electron chi connectivity index (χ2n) is 7.99. The maximum Gasteiger partial charge on any atom is 0.242 e. The number of piperazine rings is 1. The molecule has 0 saturated carbocycles. The quantitative estimate of drug-likeness (QED) is 0.408. The Bertz CT molecular complexity index is 884. The van der Waals surface area contributed by atoms with E-state index < -0.39 is 6.67 Å². The summed E-state index contributed by atoms with van der Waals surface area (Å²) >= 11 is 0. The highest BCUT2D eigenvalue weighted by Crippen LogP contribution is 2.28. The molecule has 1 unspecified atom stereocenters. The van der Waals surface area contributed by atoms with Crippen molar-refractivity contribution in [2.45, 2.75) is 26.2 Å². The molecule has 1 aromatic heterocycles. The largest absolute Gasteiger partial charge is 0.380 e. The van der Waals surface area contributed by atoms with Gasteiger partial charge in [0.15, 0.2) is 0 Å². The summed E-state index contributed by atoms with van der Waals surface area (Å²) in [6, 6.07) is 0. The number of allylic oxidation sites excluding steroid dienone is 4. The zero-order valence-corrected chi connectivity index (χ0v) is 19.6. The molecule has 1 N–H and O–H groups in total. The van der Waals surface area contributed by atoms with E-state index in [1.807, 2.05) is 47.9 Å². The number of nitrogens with zero attached hydrogens (tertiary/aromatic N) is 5. The highest BCUT2D eigenvalue weighted by atomic mass is 19.1. The number of amides is 1. The molecular formula is C24H35FN6O2. The first-order valence-electron chi connectivity index (χ1n) is 11.6. The van der Waals surface area contributed by atoms with Crippen molar-refractivity contribution >= 4 is 24.1 Å². The molecule has 0 radical (unpaired) electrons. The van der Waals surface area contributed by atoms with Gasteiger partial charge in [0, 0.05) is 70.3 Å². The van der Waals surface area contributed by atoms with Crippen molar-refractivity contribution in [3.05, 3.63) is 42.0 Å². The van der Waals surface area contributed by atoms with Crippen molar-refractivity contribution in [1.29, 1.82) is 0 Å². The van der Waals surface area contributed by atoms with Crippen molar-refractivity contribution in [2.24, 2.45) is 4.99 Å². The van der Waals surface area contributed by atoms with Crippen LogP contribution >= 0.6 is 0 Å². The van der Waals surface area contributed by atoms with Crippen molar-refractivity contribution in [2.75, 3.05) is 64.5 Å². The molecule has 0 aromatic carbocycles. The Morgan fingerprint density at radius 1 is 1.30 bits per heavy atom. The summed E-state index contributed by atoms with van der Waals surface area (Å²) < 4.78 is 19.7. The molecule has 1 atom stereocenters. The van der Waals surface area contributed by atoms with Gasteiger partial charge in [-0.2, -0.15) is 0 Å². The highest BCUT2D eigenvalue weighted by molar-refractivity contribution is 5.81. The maximum atomic E-state index is 12.9. The summed E-state index contributed by atoms with van der Waals surface area (Å²) in [6.45, 7) is 9.27. The molecule has 1 fully saturated rings. The molecule has 1 saturated heterocycles. The molecule has 0 bridgehead atoms. The van der Waals surface area contributed by atoms with Crippen LogP contribution in [0.2, 0.25) is 0 Å². The number of carbonyl (C=O) groups excluding carboxylic acids is 1. The van der Waals surface area contributed by atoms with Gasteiger partial charge >= 0.3 is 0 Å². The van der Waals surface area contributed by atoms with Crippen molar-refractivity contribution < 1.29 is 13.9 Å². The number of alkyl halides is 1. The minimum absolute atomic E-state index is 0.00878. The van der Waals surface area contributed by atoms with E-state index in [1.54, 1.807) is 12.3 Å². The van der Waals surface area contributed by atoms with Crippen LogP contribution in [-0.2, 0) is 16.0 Å². The van der Waals surface area contributed by atoms with Gasteiger partial charge in [-0.05, 0) is 6.92 Å². The lowest BCUT2D eigenvalue weighted by atomic mass is 10.1. The van der Waals surface area contributed by atoms with Crippen LogP contribution in [0, 0.1) is 0 Å². The van der Waals surface area contributed by atoms with E-state index in [0.29, 0.717) is 6.42 Å². The van der Waals surface area contributed by atoms with Crippen LogP contribution in [-0.4, -0.2) is 90.6 Å². The number of hydrogen-bond donors (Lipinski definition) is 1. The maximum absolute atomic E-state index is 12.9. The molecule has 1 amide bonds. The first kappa shape index (κ1) is 24.9. The Hall–Kier alpha value is -2.78. The first-order valence-corrected chi connectivity index (χ1v) is 11.6. The third-order valence-corrected chi connectivity index (χ3v) is 5.75. The van der Waals surface area contributed by atoms with E-state index in [0.717, 1.165) is 63.3 Å². The lowest BCUT2D eigenvalue weighted by Crippen LogP contribution is -2.50. The summed E-state index contributed by atoms with van der Waals surface area (Å²) in [5, 5.41) is 3.34. The van der Waals surface area contributed by atoms with Crippen LogP contribution in [0.15, 0.2) is 35.5 Å². The lowest BCUT2D eigenvalue weighted by molar-refractivity contribution is -0.131. The van der Waals surface area contributed by atoms with Crippen LogP contribution in [0.3, 0.4) is 0 Å². The van der Waals surface area contributed by atoms with E-state index in [-0.39, 0.29) is 18.4 Å². The topological polar surface area (TPSA) is 75.0 Å². The Morgan fingerprint density at radius 3 is 2.88 bits per heavy atom. The molecule has 0 aliphatic carbocycles. The molecular weight excluding hydrogens is 423 g/mol. The number of rotatable bonds is 11. The van der Waals surface area contributed by atoms with E-state index in [4.69, 9.17) is 9.72 Å². The Kier molecular flexibility index (Phi) is 9.83. The van der Waals surface area contributed by atoms with Gasteiger partial charge < -0.3 is 15.0 Å². The number of hydrogen-bond acceptors (Lipinski definition) is 6. The number of aromatic nitrogens is 2. The van der Waals surface area contributed by atoms with Crippen LogP contribution in [0.5, 0.6) is 0 Å². The zero-order chi connectivity index (χ0) is 23.5. The van der Waals surface area contributed by atoms with E-state index in [1.165, 1.54) is 6.08 Å². The Labute approximate surface area is 195 Å². The average Bonchev–Trinajstić information content (AvgIpc) is 3.01. The molecule has 2 aliphatic heterocycles. The van der Waals surface area contributed by atoms with Gasteiger partial charge in [0.05, 0.1) is 18.8 Å². The van der Waals surface area contributed by atoms with E-state index in [9.17, 15) is 9.18 Å². The molecule has 3 rings (SSSR count). The summed E-state index contributed by atoms with van der Waals surface area (Å²) in [7, 11) is 0. The summed E-state index contributed by atoms with van der Waals surface area (Å²) in [5.74, 6) is 1.72. The Morgan fingerprint density at radius 2 is 2.12 bits per heavy atom. The van der Waals surface area contributed by atoms with Gasteiger partial charge in [-0.1, -0.05) is 31.2 Å². The lowest BCUT2D eigenvalue weighted by Gasteiger charge is -2.34. The fourth-order valence-corrected chi connectivity index (χ4v) is 3.88. The number of fused-ring (bicyclic) bond motifs is 1. The minimum atomic E-state index is -0.489. The standard InChI is InChI=1S/C24H35FN6O2/c1-3-33-18-17-29-13-15-30(16-14-29)22(32)19-27-24-23(20(2)7-5-4-6-9-25)28-21-8-10-26-11-12-31(21)24/h4-7,10-12,20,27H,3,8-9,13-19H2,1-2H3/b6-4-,7-5-. The predicted molar refractivity (Wildman–Crippen MR) is 130 cm³/mol. The second kappa shape index (κ2) is 13.1. The smallest absolute Gasteiger partial charge is 0.242 e. The number of ether oxygens (including phenoxy) is 1. The number of carbonyl (C=O) groups is 1. The van der Waals surface area contributed by atoms with Crippen LogP contribution in [0.25, 0.3) is 6.20 Å². The fraction of sp³-hybridized carbons (Fsp3) is 0.542. The number of anilines is 1. The first-order chi connectivity index (χ1) is 16.1. The van der Waals surface area contributed by atoms with Gasteiger partial charge in [0.2, 0.25) is 5.91 Å². The van der Waals surface area contributed by atoms with Crippen molar-refractivity contribution in [3.8, 4) is 0 Å². The molecule has 1 aromatic rings. The molecule has 2 aliphatic rings. The van der Waals surface area contributed by atoms with Crippen molar-refractivity contribution in [1.82, 2.24) is 19.4 Å². The van der Waals surface area contributed by atoms with E-state index >= 15 is 0 Å². The Balaban J connectivity index is 1.63. The molecule has 9 heteroatoms. The second-order valence-corrected chi connectivity index (χ2v) is 7.99. The van der Waals surface area contributed by atoms with Gasteiger partial charge in [-0.15, -0.1) is 0 Å². The minimum Gasteiger partial charge on any atom is -0.380 e. The number of imidazole rings is 1. The average molecular weight is 459 g/mol. The molecule has 8 nitrogen and oxygen atoms in total. The predicted octanol–water partition coefficient (Wildman–Crippen LogP) is 2.72. The van der Waals surface area contributed by atoms with Crippen LogP contribution in [0.1, 0.15) is 31.3 Å². The summed E-state index contributed by atoms with van der Waals surface area (Å²) in [6.07, 6.45) is 13.0. The monoisotopic (exact) mass is 458 g/mol. The van der Waals surface area contributed by atoms with Gasteiger partial charge in [0.1, 0.15) is 18.3 Å². The fourth-order valence-electron chi connectivity index (χ4n) is 3.88. The van der Waals surface area contributed by atoms with Crippen LogP contribution < -0.4 is 5.32 Å². The molecule has 3 heterocycles. The molecule has 33 heavy (non-hydrogen) atoms. The zero-order valence-electron chi connectivity index (χ0n) is 19.6. The number of nitrogens with one attached hydrogen (secondary N) is 1. The van der Waals surface area contributed by atoms with Crippen LogP contribution in [0.4, 0.5) is 10.2 Å². The number of halogens is 1. The summed E-state index contributed by atoms with van der Waals surface area (Å²) in [5.41, 5.74) is 0.850. The third-order valence-electron chi connectivity index (χ3n) is 5.75.